The maximum Gasteiger partial charge on any atom is 0.255 e. The Labute approximate surface area is 123 Å². The van der Waals surface area contributed by atoms with Crippen molar-refractivity contribution < 1.29 is 9.18 Å². The summed E-state index contributed by atoms with van der Waals surface area (Å²) in [6, 6.07) is 4.10. The summed E-state index contributed by atoms with van der Waals surface area (Å²) in [4.78, 5) is 14.0. The Morgan fingerprint density at radius 3 is 2.63 bits per heavy atom. The average molecular weight is 307 g/mol. The van der Waals surface area contributed by atoms with Crippen LogP contribution >= 0.6 is 24.0 Å². The van der Waals surface area contributed by atoms with Crippen LogP contribution in [0, 0.1) is 5.82 Å². The SMILES string of the molecule is CN(C(=O)c1ccc(F)cc1Cl)C1CCNCC1.Cl. The monoisotopic (exact) mass is 306 g/mol. The summed E-state index contributed by atoms with van der Waals surface area (Å²) in [6.45, 7) is 1.83. The second kappa shape index (κ2) is 7.08. The number of hydrogen-bond acceptors (Lipinski definition) is 2. The molecule has 0 atom stereocenters. The van der Waals surface area contributed by atoms with Crippen LogP contribution in [0.25, 0.3) is 0 Å². The van der Waals surface area contributed by atoms with Crippen molar-refractivity contribution in [2.24, 2.45) is 0 Å². The van der Waals surface area contributed by atoms with Crippen molar-refractivity contribution in [2.75, 3.05) is 20.1 Å². The van der Waals surface area contributed by atoms with Crippen molar-refractivity contribution >= 4 is 29.9 Å². The predicted molar refractivity (Wildman–Crippen MR) is 76.6 cm³/mol. The smallest absolute Gasteiger partial charge is 0.255 e. The van der Waals surface area contributed by atoms with E-state index in [9.17, 15) is 9.18 Å². The van der Waals surface area contributed by atoms with Crippen molar-refractivity contribution in [3.05, 3.63) is 34.6 Å². The topological polar surface area (TPSA) is 32.3 Å². The second-order valence-corrected chi connectivity index (χ2v) is 4.93. The van der Waals surface area contributed by atoms with Crippen LogP contribution in [0.4, 0.5) is 4.39 Å². The number of carbonyl (C=O) groups excluding carboxylic acids is 1. The molecule has 1 aliphatic heterocycles. The molecular formula is C13H17Cl2FN2O. The first kappa shape index (κ1) is 16.2. The lowest BCUT2D eigenvalue weighted by molar-refractivity contribution is 0.0703. The zero-order chi connectivity index (χ0) is 13.1. The van der Waals surface area contributed by atoms with Gasteiger partial charge in [0.25, 0.3) is 5.91 Å². The lowest BCUT2D eigenvalue weighted by Crippen LogP contribution is -2.44. The zero-order valence-corrected chi connectivity index (χ0v) is 12.2. The molecule has 1 amide bonds. The fourth-order valence-corrected chi connectivity index (χ4v) is 2.46. The molecule has 3 nitrogen and oxygen atoms in total. The first-order valence-electron chi connectivity index (χ1n) is 6.02. The third-order valence-corrected chi connectivity index (χ3v) is 3.65. The first-order chi connectivity index (χ1) is 8.59. The van der Waals surface area contributed by atoms with E-state index in [1.54, 1.807) is 11.9 Å². The van der Waals surface area contributed by atoms with E-state index in [0.29, 0.717) is 5.56 Å². The molecule has 1 heterocycles. The molecule has 1 N–H and O–H groups in total. The molecule has 6 heteroatoms. The van der Waals surface area contributed by atoms with Crippen LogP contribution in [0.3, 0.4) is 0 Å². The highest BCUT2D eigenvalue weighted by molar-refractivity contribution is 6.33. The molecule has 106 valence electrons. The summed E-state index contributed by atoms with van der Waals surface area (Å²) in [5, 5.41) is 3.42. The molecule has 0 radical (unpaired) electrons. The Morgan fingerprint density at radius 2 is 2.05 bits per heavy atom. The largest absolute Gasteiger partial charge is 0.339 e. The van der Waals surface area contributed by atoms with Gasteiger partial charge in [0, 0.05) is 13.1 Å². The fourth-order valence-electron chi connectivity index (χ4n) is 2.21. The van der Waals surface area contributed by atoms with Gasteiger partial charge in [0.15, 0.2) is 0 Å². The van der Waals surface area contributed by atoms with E-state index < -0.39 is 5.82 Å². The molecule has 1 fully saturated rings. The number of rotatable bonds is 2. The number of carbonyl (C=O) groups is 1. The number of benzene rings is 1. The molecule has 1 saturated heterocycles. The maximum absolute atomic E-state index is 12.9. The average Bonchev–Trinajstić information content (AvgIpc) is 2.38. The Morgan fingerprint density at radius 1 is 1.42 bits per heavy atom. The van der Waals surface area contributed by atoms with E-state index in [1.165, 1.54) is 18.2 Å². The predicted octanol–water partition coefficient (Wildman–Crippen LogP) is 2.72. The van der Waals surface area contributed by atoms with Gasteiger partial charge in [-0.3, -0.25) is 4.79 Å². The quantitative estimate of drug-likeness (QED) is 0.911. The number of hydrogen-bond donors (Lipinski definition) is 1. The summed E-state index contributed by atoms with van der Waals surface area (Å²) < 4.78 is 12.9. The second-order valence-electron chi connectivity index (χ2n) is 4.52. The summed E-state index contributed by atoms with van der Waals surface area (Å²) in [5.74, 6) is -0.576. The van der Waals surface area contributed by atoms with E-state index in [1.807, 2.05) is 0 Å². The number of halogens is 3. The number of piperidine rings is 1. The molecular weight excluding hydrogens is 290 g/mol. The summed E-state index contributed by atoms with van der Waals surface area (Å²) in [6.07, 6.45) is 1.86. The number of nitrogens with one attached hydrogen (secondary N) is 1. The van der Waals surface area contributed by atoms with Gasteiger partial charge in [0.2, 0.25) is 0 Å². The molecule has 0 aliphatic carbocycles. The number of amides is 1. The lowest BCUT2D eigenvalue weighted by Gasteiger charge is -2.31. The van der Waals surface area contributed by atoms with Gasteiger partial charge in [0.1, 0.15) is 5.82 Å². The van der Waals surface area contributed by atoms with Gasteiger partial charge in [-0.25, -0.2) is 4.39 Å². The third-order valence-electron chi connectivity index (χ3n) is 3.34. The molecule has 0 aromatic heterocycles. The Balaban J connectivity index is 0.00000180. The fraction of sp³-hybridized carbons (Fsp3) is 0.462. The highest BCUT2D eigenvalue weighted by atomic mass is 35.5. The van der Waals surface area contributed by atoms with Crippen molar-refractivity contribution in [1.29, 1.82) is 0 Å². The van der Waals surface area contributed by atoms with E-state index >= 15 is 0 Å². The molecule has 1 aliphatic rings. The van der Waals surface area contributed by atoms with E-state index in [0.717, 1.165) is 25.9 Å². The van der Waals surface area contributed by atoms with E-state index in [-0.39, 0.29) is 29.4 Å². The maximum atomic E-state index is 12.9. The highest BCUT2D eigenvalue weighted by Crippen LogP contribution is 2.21. The van der Waals surface area contributed by atoms with Crippen LogP contribution < -0.4 is 5.32 Å². The van der Waals surface area contributed by atoms with Crippen LogP contribution in [0.1, 0.15) is 23.2 Å². The molecule has 19 heavy (non-hydrogen) atoms. The first-order valence-corrected chi connectivity index (χ1v) is 6.40. The van der Waals surface area contributed by atoms with Crippen LogP contribution in [0.2, 0.25) is 5.02 Å². The van der Waals surface area contributed by atoms with Crippen molar-refractivity contribution in [3.8, 4) is 0 Å². The summed E-state index contributed by atoms with van der Waals surface area (Å²) >= 11 is 5.91. The van der Waals surface area contributed by atoms with Crippen molar-refractivity contribution in [3.63, 3.8) is 0 Å². The van der Waals surface area contributed by atoms with Crippen LogP contribution in [0.15, 0.2) is 18.2 Å². The zero-order valence-electron chi connectivity index (χ0n) is 10.7. The summed E-state index contributed by atoms with van der Waals surface area (Å²) in [7, 11) is 1.78. The third kappa shape index (κ3) is 3.81. The van der Waals surface area contributed by atoms with E-state index in [4.69, 9.17) is 11.6 Å². The van der Waals surface area contributed by atoms with Gasteiger partial charge in [-0.15, -0.1) is 12.4 Å². The van der Waals surface area contributed by atoms with Gasteiger partial charge < -0.3 is 10.2 Å². The minimum atomic E-state index is -0.430. The Kier molecular flexibility index (Phi) is 6.04. The molecule has 1 aromatic rings. The molecule has 0 saturated carbocycles. The van der Waals surface area contributed by atoms with Gasteiger partial charge in [0.05, 0.1) is 10.6 Å². The lowest BCUT2D eigenvalue weighted by atomic mass is 10.0. The Bertz CT molecular complexity index is 450. The molecule has 0 spiro atoms. The van der Waals surface area contributed by atoms with Gasteiger partial charge >= 0.3 is 0 Å². The standard InChI is InChI=1S/C13H16ClFN2O.ClH/c1-17(10-4-6-16-7-5-10)13(18)11-3-2-9(15)8-12(11)14;/h2-3,8,10,16H,4-7H2,1H3;1H. The molecule has 0 bridgehead atoms. The minimum Gasteiger partial charge on any atom is -0.339 e. The minimum absolute atomic E-state index is 0. The molecule has 2 rings (SSSR count). The van der Waals surface area contributed by atoms with Gasteiger partial charge in [-0.2, -0.15) is 0 Å². The van der Waals surface area contributed by atoms with Gasteiger partial charge in [-0.1, -0.05) is 11.6 Å². The van der Waals surface area contributed by atoms with Crippen LogP contribution in [0.5, 0.6) is 0 Å². The van der Waals surface area contributed by atoms with Crippen molar-refractivity contribution in [2.45, 2.75) is 18.9 Å². The Hall–Kier alpha value is -0.840. The van der Waals surface area contributed by atoms with Crippen molar-refractivity contribution in [1.82, 2.24) is 10.2 Å². The van der Waals surface area contributed by atoms with Crippen LogP contribution in [-0.4, -0.2) is 37.0 Å². The highest BCUT2D eigenvalue weighted by Gasteiger charge is 2.24. The molecule has 0 unspecified atom stereocenters. The normalized spacial score (nSPS) is 15.7. The van der Waals surface area contributed by atoms with Gasteiger partial charge in [-0.05, 0) is 44.1 Å². The summed E-state index contributed by atoms with van der Waals surface area (Å²) in [5.41, 5.74) is 0.360. The van der Waals surface area contributed by atoms with Crippen LogP contribution in [-0.2, 0) is 0 Å². The number of nitrogens with zero attached hydrogens (tertiary/aromatic N) is 1. The van der Waals surface area contributed by atoms with E-state index in [2.05, 4.69) is 5.32 Å². The molecule has 1 aromatic carbocycles.